The third-order valence-corrected chi connectivity index (χ3v) is 4.14. The van der Waals surface area contributed by atoms with Gasteiger partial charge in [-0.1, -0.05) is 62.1 Å². The Morgan fingerprint density at radius 2 is 1.80 bits per heavy atom. The summed E-state index contributed by atoms with van der Waals surface area (Å²) in [4.78, 5) is 0. The average molecular weight is 265 g/mol. The van der Waals surface area contributed by atoms with Crippen molar-refractivity contribution in [1.29, 1.82) is 0 Å². The first-order valence-electron chi connectivity index (χ1n) is 7.58. The maximum absolute atomic E-state index is 5.88. The van der Waals surface area contributed by atoms with Gasteiger partial charge >= 0.3 is 0 Å². The molecule has 0 bridgehead atoms. The number of rotatable bonds is 5. The van der Waals surface area contributed by atoms with Crippen LogP contribution in [-0.4, -0.2) is 0 Å². The van der Waals surface area contributed by atoms with Crippen LogP contribution in [0.1, 0.15) is 36.8 Å². The third kappa shape index (κ3) is 3.41. The average Bonchev–Trinajstić information content (AvgIpc) is 3.00. The van der Waals surface area contributed by atoms with Gasteiger partial charge in [0.2, 0.25) is 0 Å². The van der Waals surface area contributed by atoms with E-state index in [0.717, 1.165) is 18.1 Å². The van der Waals surface area contributed by atoms with Gasteiger partial charge in [-0.05, 0) is 41.7 Å². The van der Waals surface area contributed by atoms with Crippen molar-refractivity contribution in [2.45, 2.75) is 38.7 Å². The van der Waals surface area contributed by atoms with E-state index in [1.54, 1.807) is 0 Å². The first-order valence-corrected chi connectivity index (χ1v) is 7.58. The zero-order chi connectivity index (χ0) is 13.6. The lowest BCUT2D eigenvalue weighted by Gasteiger charge is -2.14. The van der Waals surface area contributed by atoms with Gasteiger partial charge in [0, 0.05) is 0 Å². The largest absolute Gasteiger partial charge is 0.489 e. The van der Waals surface area contributed by atoms with Crippen LogP contribution in [-0.2, 0) is 13.0 Å². The Kier molecular flexibility index (Phi) is 4.37. The van der Waals surface area contributed by atoms with Crippen molar-refractivity contribution in [3.05, 3.63) is 65.7 Å². The molecule has 0 N–H and O–H groups in total. The quantitative estimate of drug-likeness (QED) is 0.754. The number of hydrogen-bond acceptors (Lipinski definition) is 1. The van der Waals surface area contributed by atoms with E-state index in [2.05, 4.69) is 18.2 Å². The lowest BCUT2D eigenvalue weighted by atomic mass is 9.95. The van der Waals surface area contributed by atoms with Crippen molar-refractivity contribution in [2.24, 2.45) is 5.92 Å². The molecule has 0 aromatic heterocycles. The van der Waals surface area contributed by atoms with E-state index in [1.807, 2.05) is 36.4 Å². The van der Waals surface area contributed by atoms with Gasteiger partial charge in [-0.3, -0.25) is 0 Å². The Balaban J connectivity index is 1.66. The highest BCUT2D eigenvalue weighted by Gasteiger charge is 2.16. The monoisotopic (exact) mass is 265 g/mol. The summed E-state index contributed by atoms with van der Waals surface area (Å²) in [5.41, 5.74) is 2.62. The van der Waals surface area contributed by atoms with Gasteiger partial charge in [-0.25, -0.2) is 0 Å². The Hall–Kier alpha value is -1.76. The van der Waals surface area contributed by atoms with Gasteiger partial charge in [-0.2, -0.15) is 0 Å². The van der Waals surface area contributed by atoms with Crippen molar-refractivity contribution in [3.8, 4) is 5.75 Å². The van der Waals surface area contributed by atoms with E-state index in [9.17, 15) is 0 Å². The van der Waals surface area contributed by atoms with Crippen LogP contribution in [0.3, 0.4) is 0 Å². The van der Waals surface area contributed by atoms with Crippen molar-refractivity contribution >= 4 is 0 Å². The summed E-state index contributed by atoms with van der Waals surface area (Å²) in [5, 5.41) is 0. The minimum Gasteiger partial charge on any atom is -0.489 e. The first-order chi connectivity index (χ1) is 9.92. The second-order valence-electron chi connectivity index (χ2n) is 5.63. The molecule has 20 heavy (non-hydrogen) atoms. The molecule has 103 valence electrons. The van der Waals surface area contributed by atoms with Gasteiger partial charge in [0.05, 0.1) is 0 Å². The summed E-state index contributed by atoms with van der Waals surface area (Å²) in [5.74, 6) is 1.78. The summed E-state index contributed by atoms with van der Waals surface area (Å²) in [7, 11) is 0. The summed E-state index contributed by atoms with van der Waals surface area (Å²) in [6.07, 6.45) is 6.71. The molecule has 2 aromatic carbocycles. The third-order valence-electron chi connectivity index (χ3n) is 4.14. The van der Waals surface area contributed by atoms with Crippen LogP contribution in [0.4, 0.5) is 0 Å². The molecule has 0 spiro atoms. The Bertz CT molecular complexity index is 526. The molecule has 0 aliphatic heterocycles. The van der Waals surface area contributed by atoms with E-state index in [0.29, 0.717) is 6.61 Å². The molecule has 1 fully saturated rings. The van der Waals surface area contributed by atoms with Gasteiger partial charge in [0.15, 0.2) is 0 Å². The molecule has 3 rings (SSSR count). The fourth-order valence-electron chi connectivity index (χ4n) is 3.01. The number of ether oxygens (including phenoxy) is 1. The molecule has 0 heterocycles. The molecule has 0 amide bonds. The Morgan fingerprint density at radius 1 is 1.00 bits per heavy atom. The molecule has 1 radical (unpaired) electrons. The van der Waals surface area contributed by atoms with E-state index in [4.69, 9.17) is 4.74 Å². The highest BCUT2D eigenvalue weighted by atomic mass is 16.5. The number of hydrogen-bond donors (Lipinski definition) is 0. The molecule has 1 aliphatic carbocycles. The maximum atomic E-state index is 5.88. The molecule has 2 aromatic rings. The van der Waals surface area contributed by atoms with E-state index in [1.165, 1.54) is 36.8 Å². The molecule has 1 heteroatoms. The minimum absolute atomic E-state index is 0.642. The summed E-state index contributed by atoms with van der Waals surface area (Å²) < 4.78 is 5.88. The van der Waals surface area contributed by atoms with E-state index in [-0.39, 0.29) is 0 Å². The standard InChI is InChI=1S/C19H21O/c1-2-12-19(13-3-1)20-15-18-11-7-6-10-17(18)14-16-8-4-5-9-16/h1-3,6-7,11-13,16H,4-5,8-9,14-15H2. The predicted octanol–water partition coefficient (Wildman–Crippen LogP) is 4.80. The maximum Gasteiger partial charge on any atom is 0.119 e. The fourth-order valence-corrected chi connectivity index (χ4v) is 3.01. The van der Waals surface area contributed by atoms with Crippen molar-refractivity contribution in [1.82, 2.24) is 0 Å². The highest BCUT2D eigenvalue weighted by Crippen LogP contribution is 2.29. The van der Waals surface area contributed by atoms with Crippen molar-refractivity contribution in [3.63, 3.8) is 0 Å². The zero-order valence-corrected chi connectivity index (χ0v) is 11.8. The topological polar surface area (TPSA) is 9.23 Å². The van der Waals surface area contributed by atoms with Gasteiger partial charge in [0.25, 0.3) is 0 Å². The number of para-hydroxylation sites is 1. The Morgan fingerprint density at radius 3 is 2.60 bits per heavy atom. The molecule has 0 atom stereocenters. The lowest BCUT2D eigenvalue weighted by Crippen LogP contribution is -2.05. The van der Waals surface area contributed by atoms with Crippen molar-refractivity contribution < 1.29 is 4.74 Å². The first kappa shape index (κ1) is 13.2. The summed E-state index contributed by atoms with van der Waals surface area (Å²) in [6, 6.07) is 19.7. The normalized spacial score (nSPS) is 15.4. The van der Waals surface area contributed by atoms with Crippen LogP contribution >= 0.6 is 0 Å². The predicted molar refractivity (Wildman–Crippen MR) is 81.7 cm³/mol. The second kappa shape index (κ2) is 6.60. The van der Waals surface area contributed by atoms with Gasteiger partial charge in [-0.15, -0.1) is 0 Å². The summed E-state index contributed by atoms with van der Waals surface area (Å²) in [6.45, 7) is 0.642. The summed E-state index contributed by atoms with van der Waals surface area (Å²) >= 11 is 0. The highest BCUT2D eigenvalue weighted by molar-refractivity contribution is 5.27. The molecule has 1 aliphatic rings. The molecular weight excluding hydrogens is 244 g/mol. The molecule has 1 nitrogen and oxygen atoms in total. The van der Waals surface area contributed by atoms with Gasteiger partial charge < -0.3 is 4.74 Å². The fraction of sp³-hybridized carbons (Fsp3) is 0.368. The van der Waals surface area contributed by atoms with E-state index >= 15 is 0 Å². The second-order valence-corrected chi connectivity index (χ2v) is 5.63. The Labute approximate surface area is 121 Å². The smallest absolute Gasteiger partial charge is 0.119 e. The van der Waals surface area contributed by atoms with Crippen LogP contribution < -0.4 is 4.74 Å². The van der Waals surface area contributed by atoms with Gasteiger partial charge in [0.1, 0.15) is 12.4 Å². The van der Waals surface area contributed by atoms with Crippen LogP contribution in [0.5, 0.6) is 5.75 Å². The minimum atomic E-state index is 0.642. The lowest BCUT2D eigenvalue weighted by molar-refractivity contribution is 0.304. The van der Waals surface area contributed by atoms with E-state index < -0.39 is 0 Å². The molecule has 1 saturated carbocycles. The van der Waals surface area contributed by atoms with Crippen LogP contribution in [0.2, 0.25) is 0 Å². The zero-order valence-electron chi connectivity index (χ0n) is 11.8. The van der Waals surface area contributed by atoms with Crippen LogP contribution in [0, 0.1) is 12.0 Å². The molecule has 0 unspecified atom stereocenters. The molecular formula is C19H21O. The van der Waals surface area contributed by atoms with Crippen molar-refractivity contribution in [2.75, 3.05) is 0 Å². The van der Waals surface area contributed by atoms with Crippen LogP contribution in [0.25, 0.3) is 0 Å². The molecule has 0 saturated heterocycles. The number of benzene rings is 2. The SMILES string of the molecule is [c]1cccc(COc2ccccc2)c1CC1CCCC1. The van der Waals surface area contributed by atoms with Crippen LogP contribution in [0.15, 0.2) is 48.5 Å².